The Morgan fingerprint density at radius 3 is 2.58 bits per heavy atom. The average molecular weight is 483 g/mol. The van der Waals surface area contributed by atoms with E-state index < -0.39 is 0 Å². The lowest BCUT2D eigenvalue weighted by molar-refractivity contribution is 0.0920. The van der Waals surface area contributed by atoms with Gasteiger partial charge in [-0.15, -0.1) is 0 Å². The number of benzene rings is 2. The van der Waals surface area contributed by atoms with Crippen molar-refractivity contribution in [3.05, 3.63) is 72.7 Å². The molecule has 0 unspecified atom stereocenters. The number of piperazine rings is 1. The molecule has 2 aromatic heterocycles. The molecule has 3 heterocycles. The van der Waals surface area contributed by atoms with Gasteiger partial charge >= 0.3 is 0 Å². The van der Waals surface area contributed by atoms with Crippen molar-refractivity contribution < 1.29 is 4.74 Å². The van der Waals surface area contributed by atoms with E-state index >= 15 is 0 Å². The molecule has 2 aliphatic rings. The van der Waals surface area contributed by atoms with Crippen LogP contribution in [0.5, 0.6) is 5.75 Å². The van der Waals surface area contributed by atoms with E-state index in [0.717, 1.165) is 39.4 Å². The average Bonchev–Trinajstić information content (AvgIpc) is 3.27. The summed E-state index contributed by atoms with van der Waals surface area (Å²) in [5.41, 5.74) is 10.6. The number of rotatable bonds is 7. The van der Waals surface area contributed by atoms with E-state index in [2.05, 4.69) is 61.8 Å². The fourth-order valence-electron chi connectivity index (χ4n) is 5.57. The Bertz CT molecular complexity index is 1320. The second-order valence-electron chi connectivity index (χ2n) is 10.3. The van der Waals surface area contributed by atoms with E-state index in [-0.39, 0.29) is 0 Å². The van der Waals surface area contributed by atoms with Crippen molar-refractivity contribution in [1.29, 1.82) is 0 Å². The molecule has 0 spiro atoms. The normalized spacial score (nSPS) is 20.9. The highest BCUT2D eigenvalue weighted by atomic mass is 16.5. The van der Waals surface area contributed by atoms with Crippen molar-refractivity contribution in [2.45, 2.75) is 25.5 Å². The van der Waals surface area contributed by atoms with Gasteiger partial charge in [0.1, 0.15) is 30.1 Å². The Kier molecular flexibility index (Phi) is 6.34. The first-order chi connectivity index (χ1) is 17.6. The molecule has 1 saturated carbocycles. The SMILES string of the molecule is CN1CCN(C[C@H]2C[C@H](n3cc(-c4cccc(OCc5ccccc5)c4)c4c(N)ncnc43)C2)CC1. The molecule has 7 nitrogen and oxygen atoms in total. The van der Waals surface area contributed by atoms with Gasteiger partial charge in [-0.2, -0.15) is 0 Å². The van der Waals surface area contributed by atoms with E-state index in [1.807, 2.05) is 30.3 Å². The monoisotopic (exact) mass is 482 g/mol. The largest absolute Gasteiger partial charge is 0.489 e. The highest BCUT2D eigenvalue weighted by molar-refractivity contribution is 6.00. The van der Waals surface area contributed by atoms with Gasteiger partial charge in [-0.25, -0.2) is 9.97 Å². The van der Waals surface area contributed by atoms with Gasteiger partial charge in [0.05, 0.1) is 5.39 Å². The van der Waals surface area contributed by atoms with Gasteiger partial charge < -0.3 is 24.8 Å². The minimum absolute atomic E-state index is 0.450. The van der Waals surface area contributed by atoms with Crippen LogP contribution in [-0.2, 0) is 6.61 Å². The quantitative estimate of drug-likeness (QED) is 0.419. The number of nitrogen functional groups attached to an aromatic ring is 1. The summed E-state index contributed by atoms with van der Waals surface area (Å²) < 4.78 is 8.43. The molecule has 7 heteroatoms. The Morgan fingerprint density at radius 1 is 0.972 bits per heavy atom. The summed E-state index contributed by atoms with van der Waals surface area (Å²) in [5.74, 6) is 2.11. The first kappa shape index (κ1) is 23.0. The zero-order chi connectivity index (χ0) is 24.5. The number of likely N-dealkylation sites (N-methyl/N-ethyl adjacent to an activating group) is 1. The summed E-state index contributed by atoms with van der Waals surface area (Å²) in [6.45, 7) is 6.45. The summed E-state index contributed by atoms with van der Waals surface area (Å²) in [7, 11) is 2.21. The van der Waals surface area contributed by atoms with E-state index in [1.54, 1.807) is 6.33 Å². The van der Waals surface area contributed by atoms with Crippen LogP contribution >= 0.6 is 0 Å². The lowest BCUT2D eigenvalue weighted by atomic mass is 9.79. The number of ether oxygens (including phenoxy) is 1. The molecule has 1 aliphatic heterocycles. The number of hydrogen-bond acceptors (Lipinski definition) is 6. The first-order valence-corrected chi connectivity index (χ1v) is 12.9. The molecule has 0 amide bonds. The zero-order valence-electron chi connectivity index (χ0n) is 20.9. The van der Waals surface area contributed by atoms with Crippen molar-refractivity contribution >= 4 is 16.9 Å². The van der Waals surface area contributed by atoms with E-state index in [4.69, 9.17) is 10.5 Å². The highest BCUT2D eigenvalue weighted by Crippen LogP contribution is 2.43. The Hall–Kier alpha value is -3.42. The van der Waals surface area contributed by atoms with Crippen LogP contribution in [0.4, 0.5) is 5.82 Å². The van der Waals surface area contributed by atoms with Gasteiger partial charge in [0.2, 0.25) is 0 Å². The molecule has 6 rings (SSSR count). The van der Waals surface area contributed by atoms with Gasteiger partial charge in [-0.3, -0.25) is 0 Å². The molecule has 2 N–H and O–H groups in total. The summed E-state index contributed by atoms with van der Waals surface area (Å²) in [6.07, 6.45) is 6.17. The summed E-state index contributed by atoms with van der Waals surface area (Å²) in [5, 5.41) is 0.931. The Labute approximate surface area is 212 Å². The molecule has 1 aliphatic carbocycles. The third-order valence-electron chi connectivity index (χ3n) is 7.75. The number of nitrogens with two attached hydrogens (primary N) is 1. The standard InChI is InChI=1S/C29H34N6O/c1-33-10-12-34(13-11-33)17-22-14-24(15-22)35-18-26(27-28(30)31-20-32-29(27)35)23-8-5-9-25(16-23)36-19-21-6-3-2-4-7-21/h2-9,16,18,20,22,24H,10-15,17,19H2,1H3,(H2,30,31,32)/t22-,24-. The summed E-state index contributed by atoms with van der Waals surface area (Å²) >= 11 is 0. The van der Waals surface area contributed by atoms with Crippen molar-refractivity contribution in [3.8, 4) is 16.9 Å². The molecule has 0 radical (unpaired) electrons. The number of fused-ring (bicyclic) bond motifs is 1. The fourth-order valence-corrected chi connectivity index (χ4v) is 5.57. The third-order valence-corrected chi connectivity index (χ3v) is 7.75. The number of hydrogen-bond donors (Lipinski definition) is 1. The first-order valence-electron chi connectivity index (χ1n) is 12.9. The topological polar surface area (TPSA) is 72.4 Å². The molecule has 4 aromatic rings. The zero-order valence-corrected chi connectivity index (χ0v) is 20.9. The predicted octanol–water partition coefficient (Wildman–Crippen LogP) is 4.46. The van der Waals surface area contributed by atoms with Gasteiger partial charge in [0.15, 0.2) is 0 Å². The molecule has 36 heavy (non-hydrogen) atoms. The molecule has 0 bridgehead atoms. The fraction of sp³-hybridized carbons (Fsp3) is 0.379. The van der Waals surface area contributed by atoms with Crippen LogP contribution in [0.1, 0.15) is 24.4 Å². The molecule has 1 saturated heterocycles. The second kappa shape index (κ2) is 9.91. The van der Waals surface area contributed by atoms with Crippen molar-refractivity contribution in [2.75, 3.05) is 45.5 Å². The smallest absolute Gasteiger partial charge is 0.146 e. The molecular weight excluding hydrogens is 448 g/mol. The minimum Gasteiger partial charge on any atom is -0.489 e. The Morgan fingerprint density at radius 2 is 1.78 bits per heavy atom. The van der Waals surface area contributed by atoms with Crippen LogP contribution < -0.4 is 10.5 Å². The number of nitrogens with zero attached hydrogens (tertiary/aromatic N) is 5. The molecule has 2 aromatic carbocycles. The molecule has 0 atom stereocenters. The van der Waals surface area contributed by atoms with Gasteiger partial charge in [-0.1, -0.05) is 42.5 Å². The summed E-state index contributed by atoms with van der Waals surface area (Å²) in [6, 6.07) is 18.9. The van der Waals surface area contributed by atoms with Crippen LogP contribution in [-0.4, -0.2) is 64.1 Å². The van der Waals surface area contributed by atoms with Gasteiger partial charge in [0.25, 0.3) is 0 Å². The molecule has 186 valence electrons. The number of anilines is 1. The van der Waals surface area contributed by atoms with Gasteiger partial charge in [0, 0.05) is 50.5 Å². The molecular formula is C29H34N6O. The van der Waals surface area contributed by atoms with Crippen LogP contribution in [0.15, 0.2) is 67.1 Å². The maximum Gasteiger partial charge on any atom is 0.146 e. The lowest BCUT2D eigenvalue weighted by Crippen LogP contribution is -2.47. The van der Waals surface area contributed by atoms with Crippen LogP contribution in [0.2, 0.25) is 0 Å². The van der Waals surface area contributed by atoms with E-state index in [1.165, 1.54) is 45.6 Å². The van der Waals surface area contributed by atoms with Crippen LogP contribution in [0.25, 0.3) is 22.2 Å². The lowest BCUT2D eigenvalue weighted by Gasteiger charge is -2.41. The highest BCUT2D eigenvalue weighted by Gasteiger charge is 2.34. The maximum absolute atomic E-state index is 6.40. The third kappa shape index (κ3) is 4.68. The van der Waals surface area contributed by atoms with Gasteiger partial charge in [-0.05, 0) is 49.1 Å². The van der Waals surface area contributed by atoms with Crippen molar-refractivity contribution in [1.82, 2.24) is 24.3 Å². The van der Waals surface area contributed by atoms with E-state index in [9.17, 15) is 0 Å². The van der Waals surface area contributed by atoms with Crippen molar-refractivity contribution in [3.63, 3.8) is 0 Å². The second-order valence-corrected chi connectivity index (χ2v) is 10.3. The minimum atomic E-state index is 0.450. The maximum atomic E-state index is 6.40. The predicted molar refractivity (Wildman–Crippen MR) is 144 cm³/mol. The van der Waals surface area contributed by atoms with E-state index in [0.29, 0.717) is 18.5 Å². The van der Waals surface area contributed by atoms with Crippen molar-refractivity contribution in [2.24, 2.45) is 5.92 Å². The summed E-state index contributed by atoms with van der Waals surface area (Å²) in [4.78, 5) is 14.0. The number of aromatic nitrogens is 3. The van der Waals surface area contributed by atoms with Crippen LogP contribution in [0.3, 0.4) is 0 Å². The molecule has 2 fully saturated rings. The van der Waals surface area contributed by atoms with Crippen LogP contribution in [0, 0.1) is 5.92 Å². The Balaban J connectivity index is 1.21.